The molecule has 6 nitrogen and oxygen atoms in total. The molecular formula is C18H16N6. The Bertz CT molecular complexity index is 977. The zero-order chi connectivity index (χ0) is 16.4. The van der Waals surface area contributed by atoms with Crippen molar-refractivity contribution in [3.63, 3.8) is 0 Å². The van der Waals surface area contributed by atoms with Gasteiger partial charge in [0.25, 0.3) is 0 Å². The maximum absolute atomic E-state index is 6.29. The fraction of sp³-hybridized carbons (Fsp3) is 0.0556. The molecule has 0 unspecified atom stereocenters. The first-order valence-electron chi connectivity index (χ1n) is 7.63. The van der Waals surface area contributed by atoms with Crippen LogP contribution in [0.2, 0.25) is 0 Å². The first kappa shape index (κ1) is 14.2. The highest BCUT2D eigenvalue weighted by Gasteiger charge is 2.12. The van der Waals surface area contributed by atoms with Gasteiger partial charge < -0.3 is 11.1 Å². The van der Waals surface area contributed by atoms with Gasteiger partial charge in [0, 0.05) is 6.54 Å². The molecular weight excluding hydrogens is 300 g/mol. The summed E-state index contributed by atoms with van der Waals surface area (Å²) in [6, 6.07) is 18.0. The van der Waals surface area contributed by atoms with Crippen LogP contribution in [0.1, 0.15) is 5.56 Å². The molecule has 0 fully saturated rings. The molecule has 2 heterocycles. The maximum Gasteiger partial charge on any atom is 0.167 e. The smallest absolute Gasteiger partial charge is 0.167 e. The number of hydrogen-bond acceptors (Lipinski definition) is 5. The number of benzene rings is 2. The molecule has 0 atom stereocenters. The first-order valence-corrected chi connectivity index (χ1v) is 7.63. The van der Waals surface area contributed by atoms with E-state index in [0.29, 0.717) is 23.9 Å². The van der Waals surface area contributed by atoms with Crippen LogP contribution < -0.4 is 11.1 Å². The van der Waals surface area contributed by atoms with E-state index in [1.54, 1.807) is 6.33 Å². The molecule has 0 aliphatic carbocycles. The van der Waals surface area contributed by atoms with E-state index in [9.17, 15) is 0 Å². The summed E-state index contributed by atoms with van der Waals surface area (Å²) in [5.74, 6) is 1.23. The summed E-state index contributed by atoms with van der Waals surface area (Å²) in [6.07, 6.45) is 3.23. The van der Waals surface area contributed by atoms with Gasteiger partial charge in [-0.1, -0.05) is 42.5 Å². The van der Waals surface area contributed by atoms with Crippen LogP contribution in [0, 0.1) is 0 Å². The average Bonchev–Trinajstić information content (AvgIpc) is 3.06. The predicted molar refractivity (Wildman–Crippen MR) is 94.8 cm³/mol. The van der Waals surface area contributed by atoms with Crippen LogP contribution in [-0.2, 0) is 6.54 Å². The molecule has 118 valence electrons. The predicted octanol–water partition coefficient (Wildman–Crippen LogP) is 3.01. The van der Waals surface area contributed by atoms with Crippen molar-refractivity contribution in [3.05, 3.63) is 72.8 Å². The molecule has 3 N–H and O–H groups in total. The van der Waals surface area contributed by atoms with Crippen LogP contribution in [-0.4, -0.2) is 19.5 Å². The maximum atomic E-state index is 6.29. The number of rotatable bonds is 4. The summed E-state index contributed by atoms with van der Waals surface area (Å²) in [7, 11) is 0. The normalized spacial score (nSPS) is 10.8. The Labute approximate surface area is 139 Å². The van der Waals surface area contributed by atoms with E-state index in [2.05, 4.69) is 32.4 Å². The molecule has 0 aliphatic rings. The van der Waals surface area contributed by atoms with Crippen molar-refractivity contribution in [2.75, 3.05) is 11.1 Å². The van der Waals surface area contributed by atoms with Crippen molar-refractivity contribution in [1.29, 1.82) is 0 Å². The fourth-order valence-corrected chi connectivity index (χ4v) is 2.63. The van der Waals surface area contributed by atoms with Crippen LogP contribution >= 0.6 is 0 Å². The summed E-state index contributed by atoms with van der Waals surface area (Å²) >= 11 is 0. The third-order valence-corrected chi connectivity index (χ3v) is 3.85. The fourth-order valence-electron chi connectivity index (χ4n) is 2.63. The number of nitrogen functional groups attached to an aromatic ring is 1. The number of aromatic nitrogens is 4. The van der Waals surface area contributed by atoms with Crippen molar-refractivity contribution < 1.29 is 0 Å². The molecule has 4 rings (SSSR count). The lowest BCUT2D eigenvalue weighted by atomic mass is 10.2. The molecule has 4 aromatic rings. The van der Waals surface area contributed by atoms with Crippen molar-refractivity contribution in [3.8, 4) is 5.82 Å². The second-order valence-corrected chi connectivity index (χ2v) is 5.40. The molecule has 0 bridgehead atoms. The summed E-state index contributed by atoms with van der Waals surface area (Å²) < 4.78 is 1.88. The number of para-hydroxylation sites is 2. The Hall–Kier alpha value is -3.41. The number of nitrogens with two attached hydrogens (primary N) is 1. The van der Waals surface area contributed by atoms with Gasteiger partial charge in [-0.2, -0.15) is 0 Å². The third-order valence-electron chi connectivity index (χ3n) is 3.85. The Kier molecular flexibility index (Phi) is 3.55. The Morgan fingerprint density at radius 1 is 0.917 bits per heavy atom. The Morgan fingerprint density at radius 2 is 1.71 bits per heavy atom. The topological polar surface area (TPSA) is 81.6 Å². The molecule has 0 saturated heterocycles. The monoisotopic (exact) mass is 316 g/mol. The van der Waals surface area contributed by atoms with Crippen molar-refractivity contribution in [2.24, 2.45) is 0 Å². The minimum Gasteiger partial charge on any atom is -0.393 e. The highest BCUT2D eigenvalue weighted by atomic mass is 15.2. The summed E-state index contributed by atoms with van der Waals surface area (Å²) in [4.78, 5) is 13.0. The van der Waals surface area contributed by atoms with Gasteiger partial charge in [-0.05, 0) is 17.7 Å². The number of nitrogens with one attached hydrogen (secondary N) is 1. The summed E-state index contributed by atoms with van der Waals surface area (Å²) in [5, 5.41) is 3.27. The Balaban J connectivity index is 1.68. The minimum absolute atomic E-state index is 0.497. The van der Waals surface area contributed by atoms with Crippen molar-refractivity contribution in [2.45, 2.75) is 6.54 Å². The van der Waals surface area contributed by atoms with Crippen LogP contribution in [0.3, 0.4) is 0 Å². The van der Waals surface area contributed by atoms with E-state index in [1.165, 1.54) is 6.33 Å². The van der Waals surface area contributed by atoms with Gasteiger partial charge in [-0.25, -0.2) is 15.0 Å². The number of fused-ring (bicyclic) bond motifs is 1. The Morgan fingerprint density at radius 3 is 2.58 bits per heavy atom. The number of imidazole rings is 1. The van der Waals surface area contributed by atoms with E-state index in [0.717, 1.165) is 16.6 Å². The molecule has 0 aliphatic heterocycles. The highest BCUT2D eigenvalue weighted by molar-refractivity contribution is 5.80. The van der Waals surface area contributed by atoms with Gasteiger partial charge in [0.2, 0.25) is 0 Å². The van der Waals surface area contributed by atoms with Crippen LogP contribution in [0.15, 0.2) is 67.3 Å². The number of hydrogen-bond donors (Lipinski definition) is 2. The zero-order valence-electron chi connectivity index (χ0n) is 12.9. The number of anilines is 2. The molecule has 2 aromatic carbocycles. The van der Waals surface area contributed by atoms with E-state index in [4.69, 9.17) is 5.73 Å². The first-order chi connectivity index (χ1) is 11.8. The van der Waals surface area contributed by atoms with Gasteiger partial charge in [0.1, 0.15) is 18.3 Å². The van der Waals surface area contributed by atoms with Crippen molar-refractivity contribution in [1.82, 2.24) is 19.5 Å². The summed E-state index contributed by atoms with van der Waals surface area (Å²) in [5.41, 5.74) is 9.80. The standard InChI is InChI=1S/C18H16N6/c19-16-17(20-10-13-6-2-1-3-7-13)21-11-22-18(16)24-12-23-14-8-4-5-9-15(14)24/h1-9,11-12H,10,19H2,(H,20,21,22). The van der Waals surface area contributed by atoms with Gasteiger partial charge in [0.15, 0.2) is 11.6 Å². The minimum atomic E-state index is 0.497. The van der Waals surface area contributed by atoms with Gasteiger partial charge >= 0.3 is 0 Å². The third kappa shape index (κ3) is 2.54. The second kappa shape index (κ2) is 6.00. The van der Waals surface area contributed by atoms with E-state index in [1.807, 2.05) is 47.0 Å². The lowest BCUT2D eigenvalue weighted by Crippen LogP contribution is -2.09. The van der Waals surface area contributed by atoms with E-state index < -0.39 is 0 Å². The molecule has 0 amide bonds. The lowest BCUT2D eigenvalue weighted by Gasteiger charge is -2.12. The van der Waals surface area contributed by atoms with E-state index >= 15 is 0 Å². The average molecular weight is 316 g/mol. The largest absolute Gasteiger partial charge is 0.393 e. The van der Waals surface area contributed by atoms with Crippen LogP contribution in [0.4, 0.5) is 11.5 Å². The second-order valence-electron chi connectivity index (χ2n) is 5.40. The molecule has 24 heavy (non-hydrogen) atoms. The SMILES string of the molecule is Nc1c(NCc2ccccc2)ncnc1-n1cnc2ccccc21. The van der Waals surface area contributed by atoms with Gasteiger partial charge in [0.05, 0.1) is 11.0 Å². The molecule has 0 spiro atoms. The van der Waals surface area contributed by atoms with Gasteiger partial charge in [-0.3, -0.25) is 4.57 Å². The quantitative estimate of drug-likeness (QED) is 0.605. The molecule has 2 aromatic heterocycles. The number of nitrogens with zero attached hydrogens (tertiary/aromatic N) is 4. The van der Waals surface area contributed by atoms with Crippen molar-refractivity contribution >= 4 is 22.5 Å². The van der Waals surface area contributed by atoms with Gasteiger partial charge in [-0.15, -0.1) is 0 Å². The highest BCUT2D eigenvalue weighted by Crippen LogP contribution is 2.25. The molecule has 6 heteroatoms. The van der Waals surface area contributed by atoms with Crippen LogP contribution in [0.25, 0.3) is 16.9 Å². The molecule has 0 radical (unpaired) electrons. The van der Waals surface area contributed by atoms with Crippen LogP contribution in [0.5, 0.6) is 0 Å². The lowest BCUT2D eigenvalue weighted by molar-refractivity contribution is 0.991. The molecule has 0 saturated carbocycles. The zero-order valence-corrected chi connectivity index (χ0v) is 12.9. The van der Waals surface area contributed by atoms with E-state index in [-0.39, 0.29) is 0 Å². The summed E-state index contributed by atoms with van der Waals surface area (Å²) in [6.45, 7) is 0.645.